The molecule has 2 heterocycles. The monoisotopic (exact) mass is 420 g/mol. The molecule has 1 aliphatic heterocycles. The van der Waals surface area contributed by atoms with Crippen LogP contribution < -0.4 is 4.74 Å². The zero-order chi connectivity index (χ0) is 18.5. The molecule has 3 rings (SSSR count). The van der Waals surface area contributed by atoms with Gasteiger partial charge in [0.25, 0.3) is 0 Å². The Bertz CT molecular complexity index is 798. The topological polar surface area (TPSA) is 59.5 Å². The van der Waals surface area contributed by atoms with Gasteiger partial charge in [-0.15, -0.1) is 0 Å². The van der Waals surface area contributed by atoms with E-state index in [0.29, 0.717) is 29.9 Å². The predicted octanol–water partition coefficient (Wildman–Crippen LogP) is 3.37. The first kappa shape index (κ1) is 18.5. The smallest absolute Gasteiger partial charge is 0.316 e. The number of esters is 1. The predicted molar refractivity (Wildman–Crippen MR) is 97.0 cm³/mol. The molecule has 0 aliphatic carbocycles. The van der Waals surface area contributed by atoms with E-state index >= 15 is 0 Å². The quantitative estimate of drug-likeness (QED) is 0.561. The Morgan fingerprint density at radius 1 is 1.27 bits per heavy atom. The minimum atomic E-state index is -0.368. The summed E-state index contributed by atoms with van der Waals surface area (Å²) in [6.07, 6.45) is 3.20. The largest absolute Gasteiger partial charge is 0.423 e. The second-order valence-corrected chi connectivity index (χ2v) is 6.95. The molecule has 1 atom stereocenters. The van der Waals surface area contributed by atoms with Crippen molar-refractivity contribution in [2.45, 2.75) is 19.3 Å². The van der Waals surface area contributed by atoms with Crippen LogP contribution >= 0.6 is 15.9 Å². The highest BCUT2D eigenvalue weighted by atomic mass is 79.9. The van der Waals surface area contributed by atoms with Gasteiger partial charge in [-0.05, 0) is 58.6 Å². The van der Waals surface area contributed by atoms with E-state index in [2.05, 4.69) is 20.9 Å². The fourth-order valence-electron chi connectivity index (χ4n) is 2.92. The van der Waals surface area contributed by atoms with Gasteiger partial charge in [-0.25, -0.2) is 9.37 Å². The van der Waals surface area contributed by atoms with Crippen LogP contribution in [0.4, 0.5) is 4.39 Å². The normalized spacial score (nSPS) is 17.0. The summed E-state index contributed by atoms with van der Waals surface area (Å²) in [4.78, 5) is 30.6. The highest BCUT2D eigenvalue weighted by Crippen LogP contribution is 2.25. The number of likely N-dealkylation sites (tertiary alicyclic amines) is 1. The van der Waals surface area contributed by atoms with Gasteiger partial charge in [0, 0.05) is 19.3 Å². The highest BCUT2D eigenvalue weighted by Gasteiger charge is 2.30. The van der Waals surface area contributed by atoms with Gasteiger partial charge in [0.15, 0.2) is 5.75 Å². The van der Waals surface area contributed by atoms with E-state index in [1.165, 1.54) is 12.1 Å². The summed E-state index contributed by atoms with van der Waals surface area (Å²) in [5.41, 5.74) is 0.750. The molecule has 7 heteroatoms. The summed E-state index contributed by atoms with van der Waals surface area (Å²) < 4.78 is 18.9. The molecule has 26 heavy (non-hydrogen) atoms. The number of hydrogen-bond donors (Lipinski definition) is 0. The third-order valence-corrected chi connectivity index (χ3v) is 4.91. The lowest BCUT2D eigenvalue weighted by molar-refractivity contribution is -0.143. The van der Waals surface area contributed by atoms with Gasteiger partial charge >= 0.3 is 5.97 Å². The van der Waals surface area contributed by atoms with E-state index in [9.17, 15) is 14.0 Å². The molecule has 0 unspecified atom stereocenters. The molecule has 0 saturated carbocycles. The standard InChI is InChI=1S/C19H18BrFN2O3/c20-18-16(4-1-9-22-18)26-19(25)14-3-2-10-23(12-14)17(24)11-13-5-7-15(21)8-6-13/h1,4-9,14H,2-3,10-12H2/t14-/m1/s1. The molecule has 1 saturated heterocycles. The minimum Gasteiger partial charge on any atom is -0.423 e. The van der Waals surface area contributed by atoms with Crippen LogP contribution in [-0.2, 0) is 16.0 Å². The number of rotatable bonds is 4. The summed E-state index contributed by atoms with van der Waals surface area (Å²) >= 11 is 3.25. The molecular weight excluding hydrogens is 403 g/mol. The molecule has 2 aromatic rings. The second-order valence-electron chi connectivity index (χ2n) is 6.20. The Labute approximate surface area is 159 Å². The third kappa shape index (κ3) is 4.66. The number of amides is 1. The van der Waals surface area contributed by atoms with Crippen LogP contribution in [0.15, 0.2) is 47.2 Å². The number of piperidine rings is 1. The van der Waals surface area contributed by atoms with Crippen molar-refractivity contribution in [3.05, 3.63) is 58.6 Å². The molecule has 1 fully saturated rings. The number of ether oxygens (including phenoxy) is 1. The van der Waals surface area contributed by atoms with Crippen LogP contribution in [0.2, 0.25) is 0 Å². The molecule has 0 spiro atoms. The van der Waals surface area contributed by atoms with Crippen molar-refractivity contribution in [3.63, 3.8) is 0 Å². The van der Waals surface area contributed by atoms with Crippen molar-refractivity contribution in [3.8, 4) is 5.75 Å². The van der Waals surface area contributed by atoms with Crippen LogP contribution in [0, 0.1) is 11.7 Å². The van der Waals surface area contributed by atoms with Crippen molar-refractivity contribution in [1.82, 2.24) is 9.88 Å². The number of aromatic nitrogens is 1. The van der Waals surface area contributed by atoms with E-state index in [4.69, 9.17) is 4.74 Å². The summed E-state index contributed by atoms with van der Waals surface area (Å²) in [7, 11) is 0. The summed E-state index contributed by atoms with van der Waals surface area (Å²) in [6.45, 7) is 0.942. The molecule has 1 aliphatic rings. The number of carbonyl (C=O) groups is 2. The molecule has 1 amide bonds. The maximum absolute atomic E-state index is 13.0. The van der Waals surface area contributed by atoms with E-state index in [-0.39, 0.29) is 30.0 Å². The molecule has 0 radical (unpaired) electrons. The van der Waals surface area contributed by atoms with Gasteiger partial charge in [-0.1, -0.05) is 12.1 Å². The first-order chi connectivity index (χ1) is 12.5. The maximum Gasteiger partial charge on any atom is 0.316 e. The average Bonchev–Trinajstić information content (AvgIpc) is 2.65. The summed E-state index contributed by atoms with van der Waals surface area (Å²) in [5.74, 6) is -0.765. The lowest BCUT2D eigenvalue weighted by Crippen LogP contribution is -2.44. The Morgan fingerprint density at radius 3 is 2.77 bits per heavy atom. The highest BCUT2D eigenvalue weighted by molar-refractivity contribution is 9.10. The Kier molecular flexibility index (Phi) is 5.98. The number of nitrogens with zero attached hydrogens (tertiary/aromatic N) is 2. The number of halogens is 2. The first-order valence-corrected chi connectivity index (χ1v) is 9.16. The molecule has 1 aromatic heterocycles. The van der Waals surface area contributed by atoms with E-state index in [1.807, 2.05) is 0 Å². The van der Waals surface area contributed by atoms with E-state index < -0.39 is 0 Å². The lowest BCUT2D eigenvalue weighted by atomic mass is 9.97. The number of benzene rings is 1. The van der Waals surface area contributed by atoms with Crippen LogP contribution in [0.5, 0.6) is 5.75 Å². The van der Waals surface area contributed by atoms with Gasteiger partial charge in [0.1, 0.15) is 10.4 Å². The SMILES string of the molecule is O=C(Oc1cccnc1Br)[C@@H]1CCCN(C(=O)Cc2ccc(F)cc2)C1. The lowest BCUT2D eigenvalue weighted by Gasteiger charge is -2.31. The van der Waals surface area contributed by atoms with E-state index in [1.54, 1.807) is 35.4 Å². The van der Waals surface area contributed by atoms with Crippen molar-refractivity contribution >= 4 is 27.8 Å². The fourth-order valence-corrected chi connectivity index (χ4v) is 3.26. The van der Waals surface area contributed by atoms with Crippen molar-refractivity contribution < 1.29 is 18.7 Å². The van der Waals surface area contributed by atoms with Gasteiger partial charge in [-0.3, -0.25) is 9.59 Å². The molecule has 136 valence electrons. The third-order valence-electron chi connectivity index (χ3n) is 4.31. The van der Waals surface area contributed by atoms with Gasteiger partial charge < -0.3 is 9.64 Å². The summed E-state index contributed by atoms with van der Waals surface area (Å²) in [5, 5.41) is 0. The van der Waals surface area contributed by atoms with Crippen LogP contribution in [0.25, 0.3) is 0 Å². The number of hydrogen-bond acceptors (Lipinski definition) is 4. The summed E-state index contributed by atoms with van der Waals surface area (Å²) in [6, 6.07) is 9.23. The van der Waals surface area contributed by atoms with E-state index in [0.717, 1.165) is 12.0 Å². The second kappa shape index (κ2) is 8.40. The van der Waals surface area contributed by atoms with Gasteiger partial charge in [0.2, 0.25) is 5.91 Å². The van der Waals surface area contributed by atoms with Crippen molar-refractivity contribution in [2.24, 2.45) is 5.92 Å². The maximum atomic E-state index is 13.0. The number of carbonyl (C=O) groups excluding carboxylic acids is 2. The zero-order valence-corrected chi connectivity index (χ0v) is 15.6. The molecule has 5 nitrogen and oxygen atoms in total. The minimum absolute atomic E-state index is 0.0725. The van der Waals surface area contributed by atoms with Crippen LogP contribution in [0.3, 0.4) is 0 Å². The Morgan fingerprint density at radius 2 is 2.04 bits per heavy atom. The average molecular weight is 421 g/mol. The van der Waals surface area contributed by atoms with Crippen molar-refractivity contribution in [2.75, 3.05) is 13.1 Å². The zero-order valence-electron chi connectivity index (χ0n) is 14.0. The van der Waals surface area contributed by atoms with Gasteiger partial charge in [0.05, 0.1) is 12.3 Å². The number of pyridine rings is 1. The molecule has 0 bridgehead atoms. The van der Waals surface area contributed by atoms with Crippen LogP contribution in [0.1, 0.15) is 18.4 Å². The van der Waals surface area contributed by atoms with Gasteiger partial charge in [-0.2, -0.15) is 0 Å². The Balaban J connectivity index is 1.59. The first-order valence-electron chi connectivity index (χ1n) is 8.37. The Hall–Kier alpha value is -2.28. The molecule has 0 N–H and O–H groups in total. The fraction of sp³-hybridized carbons (Fsp3) is 0.316. The van der Waals surface area contributed by atoms with Crippen molar-refractivity contribution in [1.29, 1.82) is 0 Å². The van der Waals surface area contributed by atoms with Crippen LogP contribution in [-0.4, -0.2) is 34.8 Å². The molecular formula is C19H18BrFN2O3. The molecule has 1 aromatic carbocycles.